The normalized spacial score (nSPS) is 18.2. The molecule has 3 rings (SSSR count). The van der Waals surface area contributed by atoms with E-state index in [2.05, 4.69) is 24.2 Å². The van der Waals surface area contributed by atoms with Crippen LogP contribution in [0.25, 0.3) is 11.1 Å². The van der Waals surface area contributed by atoms with E-state index in [1.165, 1.54) is 5.56 Å². The lowest BCUT2D eigenvalue weighted by molar-refractivity contribution is 0.193. The van der Waals surface area contributed by atoms with Gasteiger partial charge in [0.25, 0.3) is 0 Å². The highest BCUT2D eigenvalue weighted by molar-refractivity contribution is 5.79. The van der Waals surface area contributed by atoms with Crippen LogP contribution >= 0.6 is 0 Å². The van der Waals surface area contributed by atoms with Crippen molar-refractivity contribution < 1.29 is 4.74 Å². The van der Waals surface area contributed by atoms with Crippen molar-refractivity contribution in [2.24, 2.45) is 7.05 Å². The topological polar surface area (TPSA) is 53.1 Å². The van der Waals surface area contributed by atoms with Gasteiger partial charge in [-0.15, -0.1) is 0 Å². The lowest BCUT2D eigenvalue weighted by Gasteiger charge is -2.25. The van der Waals surface area contributed by atoms with E-state index in [1.54, 1.807) is 10.9 Å². The number of nitrogen functional groups attached to an aromatic ring is 1. The number of aromatic nitrogens is 2. The van der Waals surface area contributed by atoms with Crippen LogP contribution in [-0.4, -0.2) is 15.9 Å². The third-order valence-corrected chi connectivity index (χ3v) is 3.51. The predicted octanol–water partition coefficient (Wildman–Crippen LogP) is 2.38. The average Bonchev–Trinajstić information content (AvgIpc) is 2.69. The lowest BCUT2D eigenvalue weighted by Crippen LogP contribution is -2.19. The van der Waals surface area contributed by atoms with E-state index < -0.39 is 0 Å². The van der Waals surface area contributed by atoms with Crippen LogP contribution in [0, 0.1) is 0 Å². The molecular weight excluding hydrogens is 226 g/mol. The van der Waals surface area contributed by atoms with Crippen molar-refractivity contribution in [3.05, 3.63) is 30.0 Å². The molecule has 1 aromatic heterocycles. The Morgan fingerprint density at radius 2 is 2.22 bits per heavy atom. The summed E-state index contributed by atoms with van der Waals surface area (Å²) in [6.07, 6.45) is 4.19. The van der Waals surface area contributed by atoms with E-state index in [4.69, 9.17) is 10.5 Å². The monoisotopic (exact) mass is 243 g/mol. The lowest BCUT2D eigenvalue weighted by atomic mass is 9.97. The second-order valence-electron chi connectivity index (χ2n) is 4.83. The van der Waals surface area contributed by atoms with E-state index in [9.17, 15) is 0 Å². The van der Waals surface area contributed by atoms with Crippen molar-refractivity contribution >= 4 is 5.82 Å². The molecule has 1 atom stereocenters. The molecule has 0 amide bonds. The van der Waals surface area contributed by atoms with Crippen molar-refractivity contribution in [1.82, 2.24) is 9.78 Å². The summed E-state index contributed by atoms with van der Waals surface area (Å²) in [5.74, 6) is 1.64. The van der Waals surface area contributed by atoms with Crippen LogP contribution in [-0.2, 0) is 13.5 Å². The zero-order valence-corrected chi connectivity index (χ0v) is 10.7. The Morgan fingerprint density at radius 3 is 2.94 bits per heavy atom. The quantitative estimate of drug-likeness (QED) is 0.836. The number of anilines is 1. The summed E-state index contributed by atoms with van der Waals surface area (Å²) in [5, 5.41) is 4.20. The molecule has 2 heterocycles. The summed E-state index contributed by atoms with van der Waals surface area (Å²) in [4.78, 5) is 0. The first-order chi connectivity index (χ1) is 8.66. The molecule has 2 N–H and O–H groups in total. The summed E-state index contributed by atoms with van der Waals surface area (Å²) in [5.41, 5.74) is 9.30. The van der Waals surface area contributed by atoms with Gasteiger partial charge < -0.3 is 10.5 Å². The van der Waals surface area contributed by atoms with Crippen LogP contribution in [0.3, 0.4) is 0 Å². The number of benzene rings is 1. The molecule has 2 aromatic rings. The molecule has 0 bridgehead atoms. The van der Waals surface area contributed by atoms with E-state index in [0.29, 0.717) is 5.82 Å². The molecule has 4 nitrogen and oxygen atoms in total. The molecule has 0 fully saturated rings. The van der Waals surface area contributed by atoms with Gasteiger partial charge in [-0.05, 0) is 25.3 Å². The van der Waals surface area contributed by atoms with Gasteiger partial charge in [-0.3, -0.25) is 4.68 Å². The maximum Gasteiger partial charge on any atom is 0.130 e. The highest BCUT2D eigenvalue weighted by atomic mass is 16.5. The van der Waals surface area contributed by atoms with Crippen molar-refractivity contribution in [3.8, 4) is 16.9 Å². The molecule has 0 aliphatic carbocycles. The van der Waals surface area contributed by atoms with E-state index in [0.717, 1.165) is 29.7 Å². The van der Waals surface area contributed by atoms with E-state index in [1.807, 2.05) is 13.1 Å². The Labute approximate surface area is 106 Å². The second-order valence-corrected chi connectivity index (χ2v) is 4.83. The van der Waals surface area contributed by atoms with Gasteiger partial charge in [0.1, 0.15) is 11.6 Å². The number of ether oxygens (including phenoxy) is 1. The van der Waals surface area contributed by atoms with Crippen molar-refractivity contribution in [3.63, 3.8) is 0 Å². The molecule has 0 saturated heterocycles. The first-order valence-electron chi connectivity index (χ1n) is 6.23. The standard InChI is InChI=1S/C14H17N3O/c1-9-6-7-10-4-3-5-11(13(10)18-9)12-8-16-17(2)14(12)15/h3-5,8-9H,6-7,15H2,1-2H3. The molecule has 0 spiro atoms. The molecule has 0 radical (unpaired) electrons. The van der Waals surface area contributed by atoms with Crippen LogP contribution in [0.5, 0.6) is 5.75 Å². The summed E-state index contributed by atoms with van der Waals surface area (Å²) in [6, 6.07) is 6.22. The number of hydrogen-bond donors (Lipinski definition) is 1. The van der Waals surface area contributed by atoms with Gasteiger partial charge in [0.2, 0.25) is 0 Å². The van der Waals surface area contributed by atoms with Gasteiger partial charge in [-0.1, -0.05) is 18.2 Å². The summed E-state index contributed by atoms with van der Waals surface area (Å²) >= 11 is 0. The maximum atomic E-state index is 6.05. The molecule has 0 saturated carbocycles. The number of nitrogens with zero attached hydrogens (tertiary/aromatic N) is 2. The Hall–Kier alpha value is -1.97. The number of nitrogens with two attached hydrogens (primary N) is 1. The third-order valence-electron chi connectivity index (χ3n) is 3.51. The molecule has 1 aromatic carbocycles. The van der Waals surface area contributed by atoms with Gasteiger partial charge >= 0.3 is 0 Å². The van der Waals surface area contributed by atoms with Gasteiger partial charge in [-0.2, -0.15) is 5.10 Å². The number of fused-ring (bicyclic) bond motifs is 1. The Morgan fingerprint density at radius 1 is 1.39 bits per heavy atom. The third kappa shape index (κ3) is 1.65. The fourth-order valence-corrected chi connectivity index (χ4v) is 2.41. The molecule has 1 unspecified atom stereocenters. The van der Waals surface area contributed by atoms with Gasteiger partial charge in [0.05, 0.1) is 12.3 Å². The molecule has 4 heteroatoms. The summed E-state index contributed by atoms with van der Waals surface area (Å²) in [7, 11) is 1.84. The zero-order valence-electron chi connectivity index (χ0n) is 10.7. The summed E-state index contributed by atoms with van der Waals surface area (Å²) in [6.45, 7) is 2.10. The minimum absolute atomic E-state index is 0.261. The smallest absolute Gasteiger partial charge is 0.130 e. The van der Waals surface area contributed by atoms with Gasteiger partial charge in [-0.25, -0.2) is 0 Å². The second kappa shape index (κ2) is 4.05. The van der Waals surface area contributed by atoms with Gasteiger partial charge in [0, 0.05) is 18.2 Å². The first kappa shape index (κ1) is 11.1. The number of aryl methyl sites for hydroxylation is 2. The van der Waals surface area contributed by atoms with Crippen LogP contribution in [0.4, 0.5) is 5.82 Å². The van der Waals surface area contributed by atoms with Crippen LogP contribution < -0.4 is 10.5 Å². The van der Waals surface area contributed by atoms with Crippen LogP contribution in [0.15, 0.2) is 24.4 Å². The highest BCUT2D eigenvalue weighted by Gasteiger charge is 2.21. The van der Waals surface area contributed by atoms with Crippen molar-refractivity contribution in [2.45, 2.75) is 25.9 Å². The molecule has 94 valence electrons. The molecule has 1 aliphatic heterocycles. The summed E-state index contributed by atoms with van der Waals surface area (Å²) < 4.78 is 7.67. The number of rotatable bonds is 1. The van der Waals surface area contributed by atoms with Crippen LogP contribution in [0.1, 0.15) is 18.9 Å². The first-order valence-corrected chi connectivity index (χ1v) is 6.23. The Bertz CT molecular complexity index is 589. The minimum Gasteiger partial charge on any atom is -0.490 e. The Kier molecular flexibility index (Phi) is 2.51. The van der Waals surface area contributed by atoms with E-state index in [-0.39, 0.29) is 6.10 Å². The molecular formula is C14H17N3O. The number of para-hydroxylation sites is 1. The van der Waals surface area contributed by atoms with E-state index >= 15 is 0 Å². The van der Waals surface area contributed by atoms with Crippen molar-refractivity contribution in [1.29, 1.82) is 0 Å². The zero-order chi connectivity index (χ0) is 12.7. The largest absolute Gasteiger partial charge is 0.490 e. The molecule has 1 aliphatic rings. The van der Waals surface area contributed by atoms with Crippen molar-refractivity contribution in [2.75, 3.05) is 5.73 Å². The average molecular weight is 243 g/mol. The molecule has 18 heavy (non-hydrogen) atoms. The predicted molar refractivity (Wildman–Crippen MR) is 71.5 cm³/mol. The fourth-order valence-electron chi connectivity index (χ4n) is 2.41. The maximum absolute atomic E-state index is 6.05. The fraction of sp³-hybridized carbons (Fsp3) is 0.357. The van der Waals surface area contributed by atoms with Gasteiger partial charge in [0.15, 0.2) is 0 Å². The number of hydrogen-bond acceptors (Lipinski definition) is 3. The minimum atomic E-state index is 0.261. The SMILES string of the molecule is CC1CCc2cccc(-c3cnn(C)c3N)c2O1. The highest BCUT2D eigenvalue weighted by Crippen LogP contribution is 2.39. The Balaban J connectivity index is 2.16. The van der Waals surface area contributed by atoms with Crippen LogP contribution in [0.2, 0.25) is 0 Å².